The summed E-state index contributed by atoms with van der Waals surface area (Å²) in [5.74, 6) is 1.10. The molecule has 2 N–H and O–H groups in total. The highest BCUT2D eigenvalue weighted by Gasteiger charge is 2.21. The highest BCUT2D eigenvalue weighted by molar-refractivity contribution is 7.80. The third kappa shape index (κ3) is 5.23. The van der Waals surface area contributed by atoms with E-state index in [-0.39, 0.29) is 0 Å². The zero-order valence-electron chi connectivity index (χ0n) is 18.3. The molecule has 164 valence electrons. The number of anilines is 2. The quantitative estimate of drug-likeness (QED) is 0.305. The summed E-state index contributed by atoms with van der Waals surface area (Å²) in [6.07, 6.45) is 0.925. The third-order valence-corrected chi connectivity index (χ3v) is 5.97. The van der Waals surface area contributed by atoms with Crippen molar-refractivity contribution in [2.75, 3.05) is 17.2 Å². The van der Waals surface area contributed by atoms with Gasteiger partial charge in [0.15, 0.2) is 0 Å². The molecule has 8 heteroatoms. The van der Waals surface area contributed by atoms with Crippen LogP contribution in [-0.4, -0.2) is 32.5 Å². The van der Waals surface area contributed by atoms with E-state index in [1.54, 1.807) is 0 Å². The molecule has 0 radical (unpaired) electrons. The molecule has 3 aromatic rings. The summed E-state index contributed by atoms with van der Waals surface area (Å²) in [5.41, 5.74) is 6.10. The summed E-state index contributed by atoms with van der Waals surface area (Å²) >= 11 is 12.0. The molecule has 1 aliphatic rings. The van der Waals surface area contributed by atoms with Crippen LogP contribution in [0.3, 0.4) is 0 Å². The molecule has 0 spiro atoms. The van der Waals surface area contributed by atoms with E-state index in [9.17, 15) is 0 Å². The SMILES string of the molecule is Cc1cc(C)nc(N/C(=N/C(=S)Nc2cccc(C)c2Cl)N2CCc3ccccc3C2)n1. The molecule has 0 atom stereocenters. The van der Waals surface area contributed by atoms with Crippen LogP contribution in [-0.2, 0) is 13.0 Å². The lowest BCUT2D eigenvalue weighted by Gasteiger charge is -2.31. The summed E-state index contributed by atoms with van der Waals surface area (Å²) in [4.78, 5) is 15.9. The van der Waals surface area contributed by atoms with Crippen molar-refractivity contribution in [2.24, 2.45) is 4.99 Å². The molecule has 0 bridgehead atoms. The third-order valence-electron chi connectivity index (χ3n) is 5.28. The van der Waals surface area contributed by atoms with Gasteiger partial charge in [0, 0.05) is 24.5 Å². The molecule has 1 aromatic heterocycles. The highest BCUT2D eigenvalue weighted by Crippen LogP contribution is 2.25. The molecule has 2 heterocycles. The first-order valence-corrected chi connectivity index (χ1v) is 11.2. The van der Waals surface area contributed by atoms with Crippen LogP contribution in [0.5, 0.6) is 0 Å². The number of aryl methyl sites for hydroxylation is 3. The maximum absolute atomic E-state index is 6.43. The number of rotatable bonds is 2. The molecule has 6 nitrogen and oxygen atoms in total. The molecule has 0 aliphatic carbocycles. The summed E-state index contributed by atoms with van der Waals surface area (Å²) in [6, 6.07) is 16.2. The van der Waals surface area contributed by atoms with Gasteiger partial charge in [-0.2, -0.15) is 4.99 Å². The average molecular weight is 465 g/mol. The van der Waals surface area contributed by atoms with Crippen LogP contribution in [0, 0.1) is 20.8 Å². The van der Waals surface area contributed by atoms with Gasteiger partial charge in [0.1, 0.15) is 0 Å². The molecule has 2 aromatic carbocycles. The first kappa shape index (κ1) is 22.2. The lowest BCUT2D eigenvalue weighted by molar-refractivity contribution is 0.393. The topological polar surface area (TPSA) is 65.4 Å². The maximum Gasteiger partial charge on any atom is 0.229 e. The number of fused-ring (bicyclic) bond motifs is 1. The van der Waals surface area contributed by atoms with Crippen molar-refractivity contribution in [3.63, 3.8) is 0 Å². The van der Waals surface area contributed by atoms with Gasteiger partial charge in [-0.3, -0.25) is 5.32 Å². The highest BCUT2D eigenvalue weighted by atomic mass is 35.5. The summed E-state index contributed by atoms with van der Waals surface area (Å²) in [6.45, 7) is 7.37. The molecule has 0 fully saturated rings. The Morgan fingerprint density at radius 3 is 2.47 bits per heavy atom. The Hall–Kier alpha value is -3.03. The standard InChI is InChI=1S/C24H25ClN6S/c1-15-7-6-10-20(21(15)25)28-24(32)30-23(29-22-26-16(2)13-17(3)27-22)31-12-11-18-8-4-5-9-19(18)14-31/h4-10,13H,11-12,14H2,1-3H3,(H2,26,27,28,29,30,32). The van der Waals surface area contributed by atoms with Gasteiger partial charge in [-0.25, -0.2) is 9.97 Å². The van der Waals surface area contributed by atoms with Crippen molar-refractivity contribution in [3.05, 3.63) is 81.6 Å². The van der Waals surface area contributed by atoms with Gasteiger partial charge in [0.2, 0.25) is 17.0 Å². The van der Waals surface area contributed by atoms with Crippen LogP contribution < -0.4 is 10.6 Å². The van der Waals surface area contributed by atoms with Gasteiger partial charge in [0.05, 0.1) is 10.7 Å². The predicted octanol–water partition coefficient (Wildman–Crippen LogP) is 5.28. The molecule has 0 unspecified atom stereocenters. The molecular weight excluding hydrogens is 440 g/mol. The minimum Gasteiger partial charge on any atom is -0.338 e. The number of thiocarbonyl (C=S) groups is 1. The second-order valence-corrected chi connectivity index (χ2v) is 8.61. The number of hydrogen-bond acceptors (Lipinski definition) is 3. The van der Waals surface area contributed by atoms with Crippen LogP contribution in [0.15, 0.2) is 53.5 Å². The second-order valence-electron chi connectivity index (χ2n) is 7.84. The van der Waals surface area contributed by atoms with E-state index in [4.69, 9.17) is 28.8 Å². The van der Waals surface area contributed by atoms with Crippen molar-refractivity contribution in [1.29, 1.82) is 0 Å². The summed E-state index contributed by atoms with van der Waals surface area (Å²) < 4.78 is 0. The van der Waals surface area contributed by atoms with Crippen molar-refractivity contribution in [3.8, 4) is 0 Å². The minimum absolute atomic E-state index is 0.309. The molecule has 0 saturated carbocycles. The van der Waals surface area contributed by atoms with Crippen LogP contribution >= 0.6 is 23.8 Å². The lowest BCUT2D eigenvalue weighted by atomic mass is 10.0. The van der Waals surface area contributed by atoms with Gasteiger partial charge in [0.25, 0.3) is 0 Å². The van der Waals surface area contributed by atoms with Gasteiger partial charge in [-0.15, -0.1) is 0 Å². The van der Waals surface area contributed by atoms with Gasteiger partial charge >= 0.3 is 0 Å². The van der Waals surface area contributed by atoms with E-state index in [0.29, 0.717) is 22.0 Å². The molecule has 0 amide bonds. The zero-order chi connectivity index (χ0) is 22.7. The molecule has 32 heavy (non-hydrogen) atoms. The summed E-state index contributed by atoms with van der Waals surface area (Å²) in [5, 5.41) is 7.39. The monoisotopic (exact) mass is 464 g/mol. The first-order chi connectivity index (χ1) is 15.4. The van der Waals surface area contributed by atoms with Crippen LogP contribution in [0.25, 0.3) is 0 Å². The molecular formula is C24H25ClN6S. The Morgan fingerprint density at radius 1 is 1.00 bits per heavy atom. The zero-order valence-corrected chi connectivity index (χ0v) is 19.9. The molecule has 1 aliphatic heterocycles. The fourth-order valence-corrected chi connectivity index (χ4v) is 4.09. The Morgan fingerprint density at radius 2 is 1.72 bits per heavy atom. The minimum atomic E-state index is 0.309. The number of benzene rings is 2. The Balaban J connectivity index is 1.63. The van der Waals surface area contributed by atoms with Gasteiger partial charge in [-0.05, 0) is 68.2 Å². The van der Waals surface area contributed by atoms with Crippen molar-refractivity contribution >= 4 is 46.5 Å². The second kappa shape index (κ2) is 9.63. The number of halogens is 1. The fraction of sp³-hybridized carbons (Fsp3) is 0.250. The number of hydrogen-bond donors (Lipinski definition) is 2. The number of nitrogens with zero attached hydrogens (tertiary/aromatic N) is 4. The largest absolute Gasteiger partial charge is 0.338 e. The van der Waals surface area contributed by atoms with Crippen molar-refractivity contribution in [2.45, 2.75) is 33.7 Å². The Kier molecular flexibility index (Phi) is 6.67. The Labute approximate surface area is 198 Å². The normalized spacial score (nSPS) is 13.5. The van der Waals surface area contributed by atoms with E-state index in [0.717, 1.165) is 42.1 Å². The van der Waals surface area contributed by atoms with E-state index < -0.39 is 0 Å². The fourth-order valence-electron chi connectivity index (χ4n) is 3.72. The van der Waals surface area contributed by atoms with Gasteiger partial charge in [-0.1, -0.05) is 48.0 Å². The van der Waals surface area contributed by atoms with Crippen molar-refractivity contribution < 1.29 is 0 Å². The van der Waals surface area contributed by atoms with E-state index in [1.165, 1.54) is 11.1 Å². The predicted molar refractivity (Wildman–Crippen MR) is 136 cm³/mol. The summed E-state index contributed by atoms with van der Waals surface area (Å²) in [7, 11) is 0. The molecule has 4 rings (SSSR count). The first-order valence-electron chi connectivity index (χ1n) is 10.4. The maximum atomic E-state index is 6.43. The smallest absolute Gasteiger partial charge is 0.229 e. The average Bonchev–Trinajstić information content (AvgIpc) is 2.75. The van der Waals surface area contributed by atoms with E-state index >= 15 is 0 Å². The van der Waals surface area contributed by atoms with Crippen molar-refractivity contribution in [1.82, 2.24) is 14.9 Å². The lowest BCUT2D eigenvalue weighted by Crippen LogP contribution is -2.41. The molecule has 0 saturated heterocycles. The number of aliphatic imine (C=N–C) groups is 1. The number of guanidine groups is 1. The van der Waals surface area contributed by atoms with Crippen LogP contribution in [0.2, 0.25) is 5.02 Å². The number of nitrogens with one attached hydrogen (secondary N) is 2. The van der Waals surface area contributed by atoms with E-state index in [1.807, 2.05) is 45.0 Å². The van der Waals surface area contributed by atoms with E-state index in [2.05, 4.69) is 49.8 Å². The number of aromatic nitrogens is 2. The van der Waals surface area contributed by atoms with Crippen LogP contribution in [0.1, 0.15) is 28.1 Å². The van der Waals surface area contributed by atoms with Gasteiger partial charge < -0.3 is 10.2 Å². The Bertz CT molecular complexity index is 1170. The van der Waals surface area contributed by atoms with Crippen LogP contribution in [0.4, 0.5) is 11.6 Å².